The largest absolute Gasteiger partial charge is 0.309 e. The highest BCUT2D eigenvalue weighted by Crippen LogP contribution is 2.49. The van der Waals surface area contributed by atoms with Crippen molar-refractivity contribution in [3.05, 3.63) is 17.0 Å². The lowest BCUT2D eigenvalue weighted by molar-refractivity contribution is 0.389. The Morgan fingerprint density at radius 2 is 2.29 bits per heavy atom. The highest BCUT2D eigenvalue weighted by molar-refractivity contribution is 8.01. The normalized spacial score (nSPS) is 30.0. The van der Waals surface area contributed by atoms with Crippen molar-refractivity contribution in [2.24, 2.45) is 5.41 Å². The average Bonchev–Trinajstić information content (AvgIpc) is 2.96. The Morgan fingerprint density at radius 1 is 1.47 bits per heavy atom. The van der Waals surface area contributed by atoms with E-state index in [0.29, 0.717) is 11.5 Å². The molecule has 1 aromatic heterocycles. The predicted octanol–water partition coefficient (Wildman–Crippen LogP) is 4.45. The van der Waals surface area contributed by atoms with Crippen molar-refractivity contribution in [2.75, 3.05) is 6.54 Å². The van der Waals surface area contributed by atoms with Gasteiger partial charge in [0.15, 0.2) is 0 Å². The second kappa shape index (κ2) is 4.60. The molecule has 17 heavy (non-hydrogen) atoms. The van der Waals surface area contributed by atoms with Crippen molar-refractivity contribution in [1.82, 2.24) is 5.32 Å². The molecule has 0 saturated heterocycles. The van der Waals surface area contributed by atoms with Gasteiger partial charge in [0.2, 0.25) is 0 Å². The summed E-state index contributed by atoms with van der Waals surface area (Å²) in [6.07, 6.45) is 5.50. The molecule has 0 aromatic carbocycles. The zero-order chi connectivity index (χ0) is 11.9. The molecule has 2 atom stereocenters. The van der Waals surface area contributed by atoms with E-state index in [0.717, 1.165) is 5.25 Å². The molecule has 0 bridgehead atoms. The number of thiophene rings is 1. The van der Waals surface area contributed by atoms with E-state index in [1.54, 1.807) is 9.77 Å². The lowest BCUT2D eigenvalue weighted by Gasteiger charge is -2.29. The van der Waals surface area contributed by atoms with Crippen LogP contribution in [0.15, 0.2) is 15.7 Å². The summed E-state index contributed by atoms with van der Waals surface area (Å²) in [5, 5.41) is 6.85. The van der Waals surface area contributed by atoms with Crippen LogP contribution in [0.4, 0.5) is 0 Å². The molecule has 3 rings (SSSR count). The lowest BCUT2D eigenvalue weighted by Crippen LogP contribution is -2.31. The minimum Gasteiger partial charge on any atom is -0.309 e. The third-order valence-corrected chi connectivity index (χ3v) is 6.68. The molecule has 2 heterocycles. The van der Waals surface area contributed by atoms with Crippen molar-refractivity contribution >= 4 is 23.1 Å². The molecule has 1 aliphatic heterocycles. The van der Waals surface area contributed by atoms with E-state index in [4.69, 9.17) is 0 Å². The van der Waals surface area contributed by atoms with Crippen LogP contribution < -0.4 is 5.32 Å². The maximum atomic E-state index is 3.84. The minimum absolute atomic E-state index is 0.608. The van der Waals surface area contributed by atoms with E-state index in [2.05, 4.69) is 42.4 Å². The highest BCUT2D eigenvalue weighted by atomic mass is 32.2. The first kappa shape index (κ1) is 12.1. The van der Waals surface area contributed by atoms with Gasteiger partial charge in [-0.3, -0.25) is 0 Å². The van der Waals surface area contributed by atoms with Gasteiger partial charge in [0.25, 0.3) is 0 Å². The Labute approximate surface area is 112 Å². The standard InChI is InChI=1S/C14H21NS2/c1-3-14(5-6-14)9-15-12-8-10(2)17-13-11(12)4-7-16-13/h4,7,10,12,15H,3,5-6,8-9H2,1-2H3/t10-,12?/m0/s1. The van der Waals surface area contributed by atoms with Crippen molar-refractivity contribution in [2.45, 2.75) is 55.0 Å². The fraction of sp³-hybridized carbons (Fsp3) is 0.714. The summed E-state index contributed by atoms with van der Waals surface area (Å²) in [6, 6.07) is 2.93. The molecule has 1 N–H and O–H groups in total. The third-order valence-electron chi connectivity index (χ3n) is 4.34. The van der Waals surface area contributed by atoms with E-state index in [1.165, 1.54) is 32.2 Å². The van der Waals surface area contributed by atoms with Crippen LogP contribution in [0.5, 0.6) is 0 Å². The summed E-state index contributed by atoms with van der Waals surface area (Å²) < 4.78 is 1.54. The molecule has 94 valence electrons. The van der Waals surface area contributed by atoms with Crippen LogP contribution in [0.1, 0.15) is 51.1 Å². The van der Waals surface area contributed by atoms with E-state index in [-0.39, 0.29) is 0 Å². The topological polar surface area (TPSA) is 12.0 Å². The molecule has 2 aliphatic rings. The van der Waals surface area contributed by atoms with E-state index < -0.39 is 0 Å². The molecule has 1 fully saturated rings. The number of hydrogen-bond acceptors (Lipinski definition) is 3. The van der Waals surface area contributed by atoms with Crippen LogP contribution in [0.25, 0.3) is 0 Å². The van der Waals surface area contributed by atoms with E-state index in [1.807, 2.05) is 11.3 Å². The van der Waals surface area contributed by atoms with Crippen molar-refractivity contribution in [3.63, 3.8) is 0 Å². The quantitative estimate of drug-likeness (QED) is 0.865. The second-order valence-corrected chi connectivity index (χ2v) is 8.24. The average molecular weight is 267 g/mol. The summed E-state index contributed by atoms with van der Waals surface area (Å²) in [6.45, 7) is 5.92. The van der Waals surface area contributed by atoms with Gasteiger partial charge in [-0.25, -0.2) is 0 Å². The summed E-state index contributed by atoms with van der Waals surface area (Å²) in [5.74, 6) is 0. The van der Waals surface area contributed by atoms with Gasteiger partial charge in [-0.1, -0.05) is 13.8 Å². The predicted molar refractivity (Wildman–Crippen MR) is 77.0 cm³/mol. The smallest absolute Gasteiger partial charge is 0.0649 e. The summed E-state index contributed by atoms with van der Waals surface area (Å²) in [5.41, 5.74) is 2.22. The fourth-order valence-electron chi connectivity index (χ4n) is 2.71. The summed E-state index contributed by atoms with van der Waals surface area (Å²) >= 11 is 3.97. The first-order valence-corrected chi connectivity index (χ1v) is 8.46. The molecule has 0 amide bonds. The van der Waals surface area contributed by atoms with Gasteiger partial charge in [-0.2, -0.15) is 0 Å². The van der Waals surface area contributed by atoms with Gasteiger partial charge < -0.3 is 5.32 Å². The van der Waals surface area contributed by atoms with Gasteiger partial charge >= 0.3 is 0 Å². The van der Waals surface area contributed by atoms with Crippen LogP contribution in [0.2, 0.25) is 0 Å². The number of fused-ring (bicyclic) bond motifs is 1. The molecule has 0 radical (unpaired) electrons. The van der Waals surface area contributed by atoms with E-state index in [9.17, 15) is 0 Å². The molecule has 1 aliphatic carbocycles. The van der Waals surface area contributed by atoms with Crippen molar-refractivity contribution < 1.29 is 0 Å². The second-order valence-electron chi connectivity index (χ2n) is 5.61. The minimum atomic E-state index is 0.608. The van der Waals surface area contributed by atoms with E-state index >= 15 is 0 Å². The summed E-state index contributed by atoms with van der Waals surface area (Å²) in [7, 11) is 0. The monoisotopic (exact) mass is 267 g/mol. The Hall–Kier alpha value is 0.0100. The molecule has 1 aromatic rings. The number of thioether (sulfide) groups is 1. The Bertz CT molecular complexity index is 395. The van der Waals surface area contributed by atoms with Crippen LogP contribution in [-0.4, -0.2) is 11.8 Å². The van der Waals surface area contributed by atoms with Gasteiger partial charge in [0.1, 0.15) is 0 Å². The summed E-state index contributed by atoms with van der Waals surface area (Å²) in [4.78, 5) is 0. The Kier molecular flexibility index (Phi) is 3.26. The maximum absolute atomic E-state index is 3.84. The Morgan fingerprint density at radius 3 is 3.00 bits per heavy atom. The van der Waals surface area contributed by atoms with Crippen LogP contribution in [-0.2, 0) is 0 Å². The molecular formula is C14H21NS2. The number of rotatable bonds is 4. The number of nitrogens with one attached hydrogen (secondary N) is 1. The molecular weight excluding hydrogens is 246 g/mol. The fourth-order valence-corrected chi connectivity index (χ4v) is 5.28. The SMILES string of the molecule is CCC1(CNC2C[C@H](C)Sc3sccc32)CC1. The van der Waals surface area contributed by atoms with Crippen molar-refractivity contribution in [1.29, 1.82) is 0 Å². The molecule has 1 nitrogen and oxygen atoms in total. The molecule has 3 heteroatoms. The number of hydrogen-bond donors (Lipinski definition) is 1. The molecule has 1 saturated carbocycles. The molecule has 1 unspecified atom stereocenters. The maximum Gasteiger partial charge on any atom is 0.0649 e. The van der Waals surface area contributed by atoms with Gasteiger partial charge in [0.05, 0.1) is 4.21 Å². The first-order valence-electron chi connectivity index (χ1n) is 6.70. The first-order chi connectivity index (χ1) is 8.22. The van der Waals surface area contributed by atoms with Crippen LogP contribution in [0.3, 0.4) is 0 Å². The van der Waals surface area contributed by atoms with Gasteiger partial charge in [-0.05, 0) is 48.1 Å². The Balaban J connectivity index is 1.68. The van der Waals surface area contributed by atoms with Gasteiger partial charge in [0, 0.05) is 17.8 Å². The van der Waals surface area contributed by atoms with Crippen LogP contribution >= 0.6 is 23.1 Å². The zero-order valence-corrected chi connectivity index (χ0v) is 12.3. The van der Waals surface area contributed by atoms with Crippen molar-refractivity contribution in [3.8, 4) is 0 Å². The molecule has 0 spiro atoms. The van der Waals surface area contributed by atoms with Gasteiger partial charge in [-0.15, -0.1) is 23.1 Å². The van der Waals surface area contributed by atoms with Crippen LogP contribution in [0, 0.1) is 5.41 Å². The lowest BCUT2D eigenvalue weighted by atomic mass is 10.0. The third kappa shape index (κ3) is 2.42. The highest BCUT2D eigenvalue weighted by Gasteiger charge is 2.41. The zero-order valence-electron chi connectivity index (χ0n) is 10.7.